The van der Waals surface area contributed by atoms with Gasteiger partial charge in [-0.3, -0.25) is 4.57 Å². The molecule has 0 atom stereocenters. The number of ether oxygens (including phenoxy) is 1. The number of aromatic nitrogens is 4. The molecule has 4 rings (SSSR count). The summed E-state index contributed by atoms with van der Waals surface area (Å²) in [5.41, 5.74) is 4.07. The second-order valence-corrected chi connectivity index (χ2v) is 7.75. The van der Waals surface area contributed by atoms with Crippen molar-refractivity contribution in [2.45, 2.75) is 38.3 Å². The van der Waals surface area contributed by atoms with Gasteiger partial charge in [0.2, 0.25) is 0 Å². The van der Waals surface area contributed by atoms with Crippen LogP contribution < -0.4 is 4.74 Å². The lowest BCUT2D eigenvalue weighted by Gasteiger charge is -2.13. The van der Waals surface area contributed by atoms with Gasteiger partial charge in [0.1, 0.15) is 18.1 Å². The van der Waals surface area contributed by atoms with E-state index >= 15 is 0 Å². The van der Waals surface area contributed by atoms with Gasteiger partial charge in [0, 0.05) is 11.8 Å². The standard InChI is InChI=1S/C22H22N4O2S/c1-15-8-7-9-16(2)21(15)27-13-20-23-24-22(26(20)18-10-5-4-6-11-18)29-14-19-12-17(3)25-28-19/h4-12H,13-14H2,1-3H3. The Morgan fingerprint density at radius 2 is 1.72 bits per heavy atom. The summed E-state index contributed by atoms with van der Waals surface area (Å²) in [4.78, 5) is 0. The Labute approximate surface area is 173 Å². The molecule has 4 aromatic rings. The predicted molar refractivity (Wildman–Crippen MR) is 112 cm³/mol. The van der Waals surface area contributed by atoms with Gasteiger partial charge in [-0.25, -0.2) is 0 Å². The van der Waals surface area contributed by atoms with E-state index in [0.29, 0.717) is 12.4 Å². The van der Waals surface area contributed by atoms with Gasteiger partial charge in [-0.15, -0.1) is 10.2 Å². The summed E-state index contributed by atoms with van der Waals surface area (Å²) < 4.78 is 13.5. The maximum atomic E-state index is 6.13. The number of hydrogen-bond acceptors (Lipinski definition) is 6. The normalized spacial score (nSPS) is 11.0. The van der Waals surface area contributed by atoms with Crippen LogP contribution in [0.4, 0.5) is 0 Å². The molecule has 0 N–H and O–H groups in total. The Morgan fingerprint density at radius 3 is 2.41 bits per heavy atom. The largest absolute Gasteiger partial charge is 0.485 e. The maximum absolute atomic E-state index is 6.13. The Bertz CT molecular complexity index is 1080. The minimum absolute atomic E-state index is 0.329. The van der Waals surface area contributed by atoms with E-state index in [1.807, 2.05) is 79.9 Å². The van der Waals surface area contributed by atoms with Gasteiger partial charge in [-0.05, 0) is 44.0 Å². The Balaban J connectivity index is 1.60. The molecule has 0 saturated heterocycles. The van der Waals surface area contributed by atoms with Crippen LogP contribution in [0.2, 0.25) is 0 Å². The summed E-state index contributed by atoms with van der Waals surface area (Å²) >= 11 is 1.56. The Morgan fingerprint density at radius 1 is 0.966 bits per heavy atom. The van der Waals surface area contributed by atoms with Gasteiger partial charge in [-0.1, -0.05) is 53.3 Å². The first-order valence-electron chi connectivity index (χ1n) is 9.35. The van der Waals surface area contributed by atoms with Gasteiger partial charge in [0.05, 0.1) is 11.4 Å². The highest BCUT2D eigenvalue weighted by Gasteiger charge is 2.17. The zero-order chi connectivity index (χ0) is 20.2. The van der Waals surface area contributed by atoms with Crippen molar-refractivity contribution < 1.29 is 9.26 Å². The highest BCUT2D eigenvalue weighted by molar-refractivity contribution is 7.98. The molecular weight excluding hydrogens is 384 g/mol. The van der Waals surface area contributed by atoms with Crippen molar-refractivity contribution in [3.05, 3.63) is 83.0 Å². The summed E-state index contributed by atoms with van der Waals surface area (Å²) in [5.74, 6) is 3.07. The van der Waals surface area contributed by atoms with Crippen LogP contribution in [-0.2, 0) is 12.4 Å². The molecule has 29 heavy (non-hydrogen) atoms. The van der Waals surface area contributed by atoms with Crippen molar-refractivity contribution in [1.29, 1.82) is 0 Å². The number of para-hydroxylation sites is 2. The SMILES string of the molecule is Cc1cc(CSc2nnc(COc3c(C)cccc3C)n2-c2ccccc2)on1. The van der Waals surface area contributed by atoms with Crippen molar-refractivity contribution in [2.24, 2.45) is 0 Å². The van der Waals surface area contributed by atoms with Crippen LogP contribution in [0.1, 0.15) is 28.4 Å². The predicted octanol–water partition coefficient (Wildman–Crippen LogP) is 5.05. The molecule has 0 bridgehead atoms. The zero-order valence-corrected chi connectivity index (χ0v) is 17.4. The van der Waals surface area contributed by atoms with Crippen LogP contribution in [0.15, 0.2) is 64.3 Å². The average molecular weight is 407 g/mol. The number of rotatable bonds is 7. The molecule has 0 radical (unpaired) electrons. The van der Waals surface area contributed by atoms with Crippen LogP contribution in [0.25, 0.3) is 5.69 Å². The smallest absolute Gasteiger partial charge is 0.196 e. The summed E-state index contributed by atoms with van der Waals surface area (Å²) in [6, 6.07) is 18.1. The summed E-state index contributed by atoms with van der Waals surface area (Å²) in [6.45, 7) is 6.33. The number of nitrogens with zero attached hydrogens (tertiary/aromatic N) is 4. The number of aryl methyl sites for hydroxylation is 3. The Kier molecular flexibility index (Phi) is 5.67. The van der Waals surface area contributed by atoms with Gasteiger partial charge in [0.15, 0.2) is 11.0 Å². The molecule has 2 aromatic carbocycles. The molecule has 0 fully saturated rings. The van der Waals surface area contributed by atoms with E-state index in [1.165, 1.54) is 0 Å². The molecule has 0 aliphatic rings. The molecule has 2 heterocycles. The fourth-order valence-corrected chi connectivity index (χ4v) is 3.95. The van der Waals surface area contributed by atoms with Crippen LogP contribution in [0.3, 0.4) is 0 Å². The topological polar surface area (TPSA) is 66.0 Å². The number of benzene rings is 2. The van der Waals surface area contributed by atoms with Crippen molar-refractivity contribution in [2.75, 3.05) is 0 Å². The number of thioether (sulfide) groups is 1. The quantitative estimate of drug-likeness (QED) is 0.400. The van der Waals surface area contributed by atoms with Gasteiger partial charge in [-0.2, -0.15) is 0 Å². The molecule has 2 aromatic heterocycles. The lowest BCUT2D eigenvalue weighted by Crippen LogP contribution is -2.07. The molecular formula is C22H22N4O2S. The lowest BCUT2D eigenvalue weighted by molar-refractivity contribution is 0.289. The fraction of sp³-hybridized carbons (Fsp3) is 0.227. The molecule has 0 aliphatic carbocycles. The lowest BCUT2D eigenvalue weighted by atomic mass is 10.1. The molecule has 0 saturated carbocycles. The molecule has 0 amide bonds. The van der Waals surface area contributed by atoms with Gasteiger partial charge in [0.25, 0.3) is 0 Å². The summed E-state index contributed by atoms with van der Waals surface area (Å²) in [6.07, 6.45) is 0. The van der Waals surface area contributed by atoms with Crippen molar-refractivity contribution >= 4 is 11.8 Å². The molecule has 7 heteroatoms. The van der Waals surface area contributed by atoms with E-state index in [9.17, 15) is 0 Å². The minimum atomic E-state index is 0.329. The second kappa shape index (κ2) is 8.53. The summed E-state index contributed by atoms with van der Waals surface area (Å²) in [7, 11) is 0. The van der Waals surface area contributed by atoms with Crippen molar-refractivity contribution in [3.8, 4) is 11.4 Å². The van der Waals surface area contributed by atoms with Gasteiger partial charge < -0.3 is 9.26 Å². The fourth-order valence-electron chi connectivity index (χ4n) is 3.11. The van der Waals surface area contributed by atoms with Crippen molar-refractivity contribution in [1.82, 2.24) is 19.9 Å². The van der Waals surface area contributed by atoms with E-state index < -0.39 is 0 Å². The first kappa shape index (κ1) is 19.3. The van der Waals surface area contributed by atoms with E-state index in [0.717, 1.165) is 45.0 Å². The van der Waals surface area contributed by atoms with E-state index in [1.54, 1.807) is 11.8 Å². The highest BCUT2D eigenvalue weighted by Crippen LogP contribution is 2.27. The molecule has 0 spiro atoms. The molecule has 0 aliphatic heterocycles. The van der Waals surface area contributed by atoms with E-state index in [-0.39, 0.29) is 0 Å². The first-order chi connectivity index (χ1) is 14.1. The van der Waals surface area contributed by atoms with Crippen LogP contribution >= 0.6 is 11.8 Å². The third kappa shape index (κ3) is 4.35. The summed E-state index contributed by atoms with van der Waals surface area (Å²) in [5, 5.41) is 13.5. The van der Waals surface area contributed by atoms with E-state index in [2.05, 4.69) is 15.4 Å². The number of hydrogen-bond donors (Lipinski definition) is 0. The first-order valence-corrected chi connectivity index (χ1v) is 10.3. The maximum Gasteiger partial charge on any atom is 0.196 e. The van der Waals surface area contributed by atoms with Crippen molar-refractivity contribution in [3.63, 3.8) is 0 Å². The highest BCUT2D eigenvalue weighted by atomic mass is 32.2. The molecule has 148 valence electrons. The third-order valence-electron chi connectivity index (χ3n) is 4.49. The zero-order valence-electron chi connectivity index (χ0n) is 16.6. The Hall–Kier alpha value is -3.06. The van der Waals surface area contributed by atoms with Crippen LogP contribution in [-0.4, -0.2) is 19.9 Å². The second-order valence-electron chi connectivity index (χ2n) is 6.80. The molecule has 0 unspecified atom stereocenters. The average Bonchev–Trinajstić information content (AvgIpc) is 3.32. The van der Waals surface area contributed by atoms with Gasteiger partial charge >= 0.3 is 0 Å². The van der Waals surface area contributed by atoms with Crippen LogP contribution in [0, 0.1) is 20.8 Å². The third-order valence-corrected chi connectivity index (χ3v) is 5.44. The van der Waals surface area contributed by atoms with Crippen LogP contribution in [0.5, 0.6) is 5.75 Å². The molecule has 6 nitrogen and oxygen atoms in total. The van der Waals surface area contributed by atoms with E-state index in [4.69, 9.17) is 9.26 Å². The monoisotopic (exact) mass is 406 g/mol. The minimum Gasteiger partial charge on any atom is -0.485 e.